The van der Waals surface area contributed by atoms with E-state index in [0.29, 0.717) is 11.3 Å². The zero-order valence-electron chi connectivity index (χ0n) is 13.8. The number of hydrogen-bond donors (Lipinski definition) is 1. The van der Waals surface area contributed by atoms with Crippen LogP contribution in [0.2, 0.25) is 0 Å². The molecule has 0 aliphatic heterocycles. The molecule has 0 saturated heterocycles. The molecule has 1 aromatic heterocycles. The molecule has 9 heteroatoms. The fourth-order valence-electron chi connectivity index (χ4n) is 1.95. The lowest BCUT2D eigenvalue weighted by Crippen LogP contribution is -2.27. The Balaban J connectivity index is 1.98. The molecule has 2 rings (SSSR count). The maximum absolute atomic E-state index is 12.3. The predicted molar refractivity (Wildman–Crippen MR) is 93.6 cm³/mol. The third kappa shape index (κ3) is 4.59. The van der Waals surface area contributed by atoms with Crippen molar-refractivity contribution in [3.63, 3.8) is 0 Å². The molecule has 2 aromatic rings. The molecule has 0 spiro atoms. The Morgan fingerprint density at radius 3 is 2.75 bits per heavy atom. The van der Waals surface area contributed by atoms with E-state index < -0.39 is 10.0 Å². The number of aryl methyl sites for hydroxylation is 1. The van der Waals surface area contributed by atoms with Crippen molar-refractivity contribution in [3.05, 3.63) is 42.2 Å². The van der Waals surface area contributed by atoms with Gasteiger partial charge < -0.3 is 9.47 Å². The molecule has 1 aromatic carbocycles. The fraction of sp³-hybridized carbons (Fsp3) is 0.333. The van der Waals surface area contributed by atoms with Crippen molar-refractivity contribution in [3.8, 4) is 0 Å². The van der Waals surface area contributed by atoms with Crippen molar-refractivity contribution in [2.75, 3.05) is 26.4 Å². The highest BCUT2D eigenvalue weighted by Crippen LogP contribution is 2.15. The van der Waals surface area contributed by atoms with Gasteiger partial charge in [-0.05, 0) is 18.2 Å². The molecule has 0 aliphatic carbocycles. The van der Waals surface area contributed by atoms with Gasteiger partial charge in [0.1, 0.15) is 0 Å². The van der Waals surface area contributed by atoms with Crippen LogP contribution in [0.15, 0.2) is 46.7 Å². The topological polar surface area (TPSA) is 84.3 Å². The standard InChI is InChI=1S/C15H20N4O3S2/c1-18(2)14(20)12-5-4-6-13(11-12)24(21,22)17-8-10-23-15-16-7-9-19(15)3/h4-7,9,11,17H,8,10H2,1-3H3. The van der Waals surface area contributed by atoms with Crippen LogP contribution in [0.3, 0.4) is 0 Å². The van der Waals surface area contributed by atoms with Crippen LogP contribution in [-0.4, -0.2) is 55.2 Å². The van der Waals surface area contributed by atoms with Crippen molar-refractivity contribution < 1.29 is 13.2 Å². The van der Waals surface area contributed by atoms with Crippen LogP contribution in [0.1, 0.15) is 10.4 Å². The number of nitrogens with one attached hydrogen (secondary N) is 1. The van der Waals surface area contributed by atoms with Gasteiger partial charge in [-0.25, -0.2) is 18.1 Å². The number of rotatable bonds is 7. The first-order chi connectivity index (χ1) is 11.3. The van der Waals surface area contributed by atoms with Crippen molar-refractivity contribution in [1.29, 1.82) is 0 Å². The van der Waals surface area contributed by atoms with E-state index in [9.17, 15) is 13.2 Å². The summed E-state index contributed by atoms with van der Waals surface area (Å²) in [6, 6.07) is 6.02. The minimum Gasteiger partial charge on any atom is -0.345 e. The first kappa shape index (κ1) is 18.5. The first-order valence-corrected chi connectivity index (χ1v) is 9.69. The van der Waals surface area contributed by atoms with E-state index in [1.807, 2.05) is 17.8 Å². The molecular formula is C15H20N4O3S2. The summed E-state index contributed by atoms with van der Waals surface area (Å²) < 4.78 is 29.1. The maximum atomic E-state index is 12.3. The summed E-state index contributed by atoms with van der Waals surface area (Å²) in [5.74, 6) is 0.317. The molecule has 0 fully saturated rings. The molecule has 24 heavy (non-hydrogen) atoms. The second-order valence-corrected chi connectivity index (χ2v) is 8.12. The van der Waals surface area contributed by atoms with Crippen LogP contribution < -0.4 is 4.72 Å². The molecule has 0 radical (unpaired) electrons. The lowest BCUT2D eigenvalue weighted by atomic mass is 10.2. The number of benzene rings is 1. The number of thioether (sulfide) groups is 1. The van der Waals surface area contributed by atoms with Crippen LogP contribution in [0.4, 0.5) is 0 Å². The van der Waals surface area contributed by atoms with Crippen molar-refractivity contribution in [2.24, 2.45) is 7.05 Å². The van der Waals surface area contributed by atoms with Crippen LogP contribution in [0.5, 0.6) is 0 Å². The number of carbonyl (C=O) groups is 1. The number of sulfonamides is 1. The van der Waals surface area contributed by atoms with Crippen molar-refractivity contribution in [1.82, 2.24) is 19.2 Å². The zero-order valence-corrected chi connectivity index (χ0v) is 15.4. The van der Waals surface area contributed by atoms with E-state index in [1.165, 1.54) is 28.8 Å². The molecule has 0 aliphatic rings. The van der Waals surface area contributed by atoms with Gasteiger partial charge in [0.15, 0.2) is 5.16 Å². The number of hydrogen-bond acceptors (Lipinski definition) is 5. The van der Waals surface area contributed by atoms with Gasteiger partial charge in [-0.2, -0.15) is 0 Å². The monoisotopic (exact) mass is 368 g/mol. The number of nitrogens with zero attached hydrogens (tertiary/aromatic N) is 3. The average molecular weight is 368 g/mol. The molecule has 0 unspecified atom stereocenters. The highest BCUT2D eigenvalue weighted by Gasteiger charge is 2.16. The van der Waals surface area contributed by atoms with E-state index in [1.54, 1.807) is 32.4 Å². The third-order valence-corrected chi connectivity index (χ3v) is 5.72. The summed E-state index contributed by atoms with van der Waals surface area (Å²) in [5.41, 5.74) is 0.338. The lowest BCUT2D eigenvalue weighted by molar-refractivity contribution is 0.0827. The maximum Gasteiger partial charge on any atom is 0.253 e. The summed E-state index contributed by atoms with van der Waals surface area (Å²) in [7, 11) is 1.47. The van der Waals surface area contributed by atoms with Crippen molar-refractivity contribution in [2.45, 2.75) is 10.1 Å². The van der Waals surface area contributed by atoms with Crippen LogP contribution >= 0.6 is 11.8 Å². The number of amides is 1. The van der Waals surface area contributed by atoms with Gasteiger partial charge in [-0.1, -0.05) is 17.8 Å². The van der Waals surface area contributed by atoms with Gasteiger partial charge >= 0.3 is 0 Å². The fourth-order valence-corrected chi connectivity index (χ4v) is 3.94. The molecule has 0 atom stereocenters. The average Bonchev–Trinajstić information content (AvgIpc) is 2.96. The van der Waals surface area contributed by atoms with Crippen LogP contribution in [0.25, 0.3) is 0 Å². The Hall–Kier alpha value is -1.84. The minimum atomic E-state index is -3.65. The second-order valence-electron chi connectivity index (χ2n) is 5.29. The van der Waals surface area contributed by atoms with Crippen molar-refractivity contribution >= 4 is 27.7 Å². The normalized spacial score (nSPS) is 11.5. The van der Waals surface area contributed by atoms with Gasteiger partial charge in [-0.15, -0.1) is 0 Å². The first-order valence-electron chi connectivity index (χ1n) is 7.23. The number of carbonyl (C=O) groups excluding carboxylic acids is 1. The van der Waals surface area contributed by atoms with E-state index in [2.05, 4.69) is 9.71 Å². The Morgan fingerprint density at radius 1 is 1.38 bits per heavy atom. The molecular weight excluding hydrogens is 348 g/mol. The Bertz CT molecular complexity index is 816. The SMILES string of the molecule is CN(C)C(=O)c1cccc(S(=O)(=O)NCCSc2nccn2C)c1. The van der Waals surface area contributed by atoms with Crippen LogP contribution in [-0.2, 0) is 17.1 Å². The molecule has 7 nitrogen and oxygen atoms in total. The van der Waals surface area contributed by atoms with Gasteiger partial charge in [0.25, 0.3) is 5.91 Å². The zero-order chi connectivity index (χ0) is 17.7. The number of imidazole rings is 1. The Labute approximate surface area is 146 Å². The van der Waals surface area contributed by atoms with E-state index >= 15 is 0 Å². The van der Waals surface area contributed by atoms with Gasteiger partial charge in [0.05, 0.1) is 4.90 Å². The van der Waals surface area contributed by atoms with E-state index in [-0.39, 0.29) is 17.3 Å². The smallest absolute Gasteiger partial charge is 0.253 e. The predicted octanol–water partition coefficient (Wildman–Crippen LogP) is 1.19. The molecule has 0 bridgehead atoms. The van der Waals surface area contributed by atoms with Gasteiger partial charge in [-0.3, -0.25) is 4.79 Å². The van der Waals surface area contributed by atoms with Gasteiger partial charge in [0, 0.05) is 51.4 Å². The summed E-state index contributed by atoms with van der Waals surface area (Å²) >= 11 is 1.47. The minimum absolute atomic E-state index is 0.0807. The second kappa shape index (κ2) is 7.82. The van der Waals surface area contributed by atoms with Crippen LogP contribution in [0, 0.1) is 0 Å². The molecule has 1 heterocycles. The van der Waals surface area contributed by atoms with E-state index in [0.717, 1.165) is 5.16 Å². The molecule has 0 saturated carbocycles. The molecule has 1 N–H and O–H groups in total. The van der Waals surface area contributed by atoms with E-state index in [4.69, 9.17) is 0 Å². The largest absolute Gasteiger partial charge is 0.345 e. The molecule has 1 amide bonds. The summed E-state index contributed by atoms with van der Waals surface area (Å²) in [4.78, 5) is 17.6. The molecule has 130 valence electrons. The quantitative estimate of drug-likeness (QED) is 0.586. The van der Waals surface area contributed by atoms with Gasteiger partial charge in [0.2, 0.25) is 10.0 Å². The Kier molecular flexibility index (Phi) is 6.03. The Morgan fingerprint density at radius 2 is 2.12 bits per heavy atom. The highest BCUT2D eigenvalue weighted by molar-refractivity contribution is 7.99. The third-order valence-electron chi connectivity index (χ3n) is 3.20. The lowest BCUT2D eigenvalue weighted by Gasteiger charge is -2.12. The summed E-state index contributed by atoms with van der Waals surface area (Å²) in [6.07, 6.45) is 3.53. The number of aromatic nitrogens is 2. The highest BCUT2D eigenvalue weighted by atomic mass is 32.2. The summed E-state index contributed by atoms with van der Waals surface area (Å²) in [5, 5.41) is 0.827. The summed E-state index contributed by atoms with van der Waals surface area (Å²) in [6.45, 7) is 0.270.